The molecule has 18 heavy (non-hydrogen) atoms. The fourth-order valence-electron chi connectivity index (χ4n) is 1.47. The molecule has 0 saturated carbocycles. The lowest BCUT2D eigenvalue weighted by Gasteiger charge is -2.03. The molecule has 8 nitrogen and oxygen atoms in total. The Morgan fingerprint density at radius 3 is 2.61 bits per heavy atom. The maximum atomic E-state index is 10.8. The molecule has 0 bridgehead atoms. The van der Waals surface area contributed by atoms with E-state index in [1.54, 1.807) is 0 Å². The van der Waals surface area contributed by atoms with Crippen molar-refractivity contribution < 1.29 is 19.9 Å². The van der Waals surface area contributed by atoms with Crippen molar-refractivity contribution in [2.45, 2.75) is 0 Å². The van der Waals surface area contributed by atoms with Crippen LogP contribution in [-0.2, 0) is 0 Å². The van der Waals surface area contributed by atoms with Gasteiger partial charge in [-0.2, -0.15) is 9.78 Å². The monoisotopic (exact) mass is 249 g/mol. The molecule has 0 atom stereocenters. The minimum Gasteiger partial charge on any atom is -0.493 e. The van der Waals surface area contributed by atoms with Crippen LogP contribution in [0.1, 0.15) is 10.4 Å². The number of carboxylic acid groups (broad SMARTS) is 1. The van der Waals surface area contributed by atoms with Crippen molar-refractivity contribution in [1.29, 1.82) is 0 Å². The fraction of sp³-hybridized carbons (Fsp3) is 0. The molecule has 2 N–H and O–H groups in total. The zero-order valence-electron chi connectivity index (χ0n) is 8.85. The van der Waals surface area contributed by atoms with Gasteiger partial charge in [0.25, 0.3) is 5.69 Å². The molecule has 92 valence electrons. The van der Waals surface area contributed by atoms with Gasteiger partial charge in [-0.1, -0.05) is 12.1 Å². The van der Waals surface area contributed by atoms with Gasteiger partial charge >= 0.3 is 5.97 Å². The van der Waals surface area contributed by atoms with Crippen molar-refractivity contribution in [2.75, 3.05) is 0 Å². The van der Waals surface area contributed by atoms with Crippen LogP contribution < -0.4 is 0 Å². The first kappa shape index (κ1) is 11.6. The maximum Gasteiger partial charge on any atom is 0.342 e. The predicted molar refractivity (Wildman–Crippen MR) is 58.8 cm³/mol. The van der Waals surface area contributed by atoms with E-state index in [0.29, 0.717) is 0 Å². The largest absolute Gasteiger partial charge is 0.493 e. The number of hydrogen-bond acceptors (Lipinski definition) is 5. The highest BCUT2D eigenvalue weighted by Crippen LogP contribution is 2.27. The number of benzene rings is 1. The second-order valence-corrected chi connectivity index (χ2v) is 3.34. The second-order valence-electron chi connectivity index (χ2n) is 3.34. The Bertz CT molecular complexity index is 634. The summed E-state index contributed by atoms with van der Waals surface area (Å²) in [5, 5.41) is 32.9. The summed E-state index contributed by atoms with van der Waals surface area (Å²) in [6.07, 6.45) is 0.925. The van der Waals surface area contributed by atoms with Gasteiger partial charge in [0, 0.05) is 6.07 Å². The van der Waals surface area contributed by atoms with E-state index >= 15 is 0 Å². The first-order chi connectivity index (χ1) is 8.52. The number of nitrogens with zero attached hydrogens (tertiary/aromatic N) is 3. The second kappa shape index (κ2) is 4.17. The summed E-state index contributed by atoms with van der Waals surface area (Å²) in [7, 11) is 0. The third-order valence-corrected chi connectivity index (χ3v) is 2.28. The third kappa shape index (κ3) is 1.75. The summed E-state index contributed by atoms with van der Waals surface area (Å²) >= 11 is 0. The van der Waals surface area contributed by atoms with Gasteiger partial charge < -0.3 is 10.2 Å². The SMILES string of the molecule is O=C(O)c1cnn(-c2ccccc2[N+](=O)[O-])c1O. The Labute approximate surface area is 99.9 Å². The molecule has 0 saturated heterocycles. The highest BCUT2D eigenvalue weighted by molar-refractivity contribution is 5.90. The normalized spacial score (nSPS) is 10.2. The number of carbonyl (C=O) groups is 1. The molecule has 0 spiro atoms. The number of rotatable bonds is 3. The van der Waals surface area contributed by atoms with Gasteiger partial charge in [0.1, 0.15) is 11.3 Å². The van der Waals surface area contributed by atoms with E-state index in [1.807, 2.05) is 0 Å². The van der Waals surface area contributed by atoms with Crippen molar-refractivity contribution in [3.8, 4) is 11.6 Å². The van der Waals surface area contributed by atoms with E-state index in [-0.39, 0.29) is 11.4 Å². The number of nitro benzene ring substituents is 1. The summed E-state index contributed by atoms with van der Waals surface area (Å²) < 4.78 is 0.807. The number of hydrogen-bond donors (Lipinski definition) is 2. The average Bonchev–Trinajstić information content (AvgIpc) is 2.71. The predicted octanol–water partition coefficient (Wildman–Crippen LogP) is 1.18. The lowest BCUT2D eigenvalue weighted by molar-refractivity contribution is -0.384. The average molecular weight is 249 g/mol. The van der Waals surface area contributed by atoms with Crippen molar-refractivity contribution in [1.82, 2.24) is 9.78 Å². The van der Waals surface area contributed by atoms with Crippen molar-refractivity contribution >= 4 is 11.7 Å². The van der Waals surface area contributed by atoms with Gasteiger partial charge in [-0.15, -0.1) is 0 Å². The molecule has 1 heterocycles. The van der Waals surface area contributed by atoms with Crippen molar-refractivity contribution in [2.24, 2.45) is 0 Å². The third-order valence-electron chi connectivity index (χ3n) is 2.28. The molecule has 2 rings (SSSR count). The molecule has 1 aromatic heterocycles. The topological polar surface area (TPSA) is 118 Å². The van der Waals surface area contributed by atoms with Crippen LogP contribution in [0.15, 0.2) is 30.5 Å². The number of aromatic hydroxyl groups is 1. The minimum atomic E-state index is -1.36. The molecule has 0 radical (unpaired) electrons. The van der Waals surface area contributed by atoms with Crippen LogP contribution in [0.4, 0.5) is 5.69 Å². The van der Waals surface area contributed by atoms with E-state index in [0.717, 1.165) is 10.9 Å². The molecule has 0 aliphatic heterocycles. The Morgan fingerprint density at radius 1 is 1.39 bits per heavy atom. The number of aromatic nitrogens is 2. The lowest BCUT2D eigenvalue weighted by Crippen LogP contribution is -2.01. The van der Waals surface area contributed by atoms with E-state index in [1.165, 1.54) is 24.3 Å². The van der Waals surface area contributed by atoms with Crippen LogP contribution in [-0.4, -0.2) is 30.9 Å². The van der Waals surface area contributed by atoms with Crippen LogP contribution in [0.2, 0.25) is 0 Å². The summed E-state index contributed by atoms with van der Waals surface area (Å²) in [5.74, 6) is -2.02. The highest BCUT2D eigenvalue weighted by atomic mass is 16.6. The summed E-state index contributed by atoms with van der Waals surface area (Å²) in [4.78, 5) is 20.9. The summed E-state index contributed by atoms with van der Waals surface area (Å²) in [6, 6.07) is 5.57. The van der Waals surface area contributed by atoms with E-state index in [9.17, 15) is 20.0 Å². The van der Waals surface area contributed by atoms with Gasteiger partial charge in [0.05, 0.1) is 11.1 Å². The van der Waals surface area contributed by atoms with E-state index in [2.05, 4.69) is 5.10 Å². The van der Waals surface area contributed by atoms with Crippen molar-refractivity contribution in [3.63, 3.8) is 0 Å². The van der Waals surface area contributed by atoms with Crippen LogP contribution in [0.25, 0.3) is 5.69 Å². The Kier molecular flexibility index (Phi) is 2.68. The molecular weight excluding hydrogens is 242 g/mol. The number of nitro groups is 1. The quantitative estimate of drug-likeness (QED) is 0.622. The number of carboxylic acids is 1. The first-order valence-corrected chi connectivity index (χ1v) is 4.76. The molecule has 0 amide bonds. The summed E-state index contributed by atoms with van der Waals surface area (Å²) in [5.41, 5.74) is -0.714. The van der Waals surface area contributed by atoms with Gasteiger partial charge in [0.2, 0.25) is 5.88 Å². The maximum absolute atomic E-state index is 10.8. The fourth-order valence-corrected chi connectivity index (χ4v) is 1.47. The molecule has 0 fully saturated rings. The van der Waals surface area contributed by atoms with E-state index in [4.69, 9.17) is 5.11 Å². The zero-order chi connectivity index (χ0) is 13.3. The number of aromatic carboxylic acids is 1. The Morgan fingerprint density at radius 2 is 2.06 bits per heavy atom. The van der Waals surface area contributed by atoms with Crippen LogP contribution >= 0.6 is 0 Å². The Balaban J connectivity index is 2.63. The molecule has 2 aromatic rings. The first-order valence-electron chi connectivity index (χ1n) is 4.76. The van der Waals surface area contributed by atoms with Crippen LogP contribution in [0.5, 0.6) is 5.88 Å². The highest BCUT2D eigenvalue weighted by Gasteiger charge is 2.22. The minimum absolute atomic E-state index is 0.00694. The van der Waals surface area contributed by atoms with Gasteiger partial charge in [-0.25, -0.2) is 4.79 Å². The van der Waals surface area contributed by atoms with Crippen molar-refractivity contribution in [3.05, 3.63) is 46.1 Å². The molecule has 0 aliphatic rings. The van der Waals surface area contributed by atoms with Crippen LogP contribution in [0.3, 0.4) is 0 Å². The van der Waals surface area contributed by atoms with Gasteiger partial charge in [-0.05, 0) is 6.07 Å². The van der Waals surface area contributed by atoms with Gasteiger partial charge in [-0.3, -0.25) is 10.1 Å². The standard InChI is InChI=1S/C10H7N3O5/c14-9-6(10(15)16)5-11-12(9)7-3-1-2-4-8(7)13(17)18/h1-5,14H,(H,15,16). The zero-order valence-corrected chi connectivity index (χ0v) is 8.85. The molecule has 0 aliphatic carbocycles. The smallest absolute Gasteiger partial charge is 0.342 e. The molecular formula is C10H7N3O5. The molecule has 1 aromatic carbocycles. The lowest BCUT2D eigenvalue weighted by atomic mass is 10.2. The van der Waals surface area contributed by atoms with Crippen LogP contribution in [0, 0.1) is 10.1 Å². The number of para-hydroxylation sites is 2. The molecule has 0 unspecified atom stereocenters. The van der Waals surface area contributed by atoms with E-state index < -0.39 is 22.3 Å². The Hall–Kier alpha value is -2.90. The summed E-state index contributed by atoms with van der Waals surface area (Å²) in [6.45, 7) is 0. The molecule has 8 heteroatoms. The van der Waals surface area contributed by atoms with Gasteiger partial charge in [0.15, 0.2) is 0 Å².